The molecule has 5 rings (SSSR count). The molecule has 1 atom stereocenters. The third-order valence-electron chi connectivity index (χ3n) is 6.71. The summed E-state index contributed by atoms with van der Waals surface area (Å²) in [5, 5.41) is 9.74. The van der Waals surface area contributed by atoms with E-state index < -0.39 is 19.3 Å². The molecule has 10 heteroatoms. The van der Waals surface area contributed by atoms with E-state index in [0.717, 1.165) is 32.2 Å². The standard InChI is InChI=1S/C32H31BrN3O5P/c1-4-40-42(38,41-5-2)32(27-14-8-9-16-30(27)39-3)34-31(37)28-21-29(36(35-28)24-19-17-23(33)18-20-24)26-15-10-12-22-11-6-7-13-25(22)26/h6-21,32H,4-5H2,1-3H3,(H,34,37). The van der Waals surface area contributed by atoms with Crippen LogP contribution < -0.4 is 10.1 Å². The molecule has 1 heterocycles. The number of fused-ring (bicyclic) bond motifs is 1. The maximum absolute atomic E-state index is 14.1. The highest BCUT2D eigenvalue weighted by atomic mass is 79.9. The van der Waals surface area contributed by atoms with Crippen molar-refractivity contribution in [2.24, 2.45) is 0 Å². The quantitative estimate of drug-likeness (QED) is 0.145. The number of aromatic nitrogens is 2. The topological polar surface area (TPSA) is 91.7 Å². The molecule has 42 heavy (non-hydrogen) atoms. The fraction of sp³-hybridized carbons (Fsp3) is 0.188. The number of carbonyl (C=O) groups is 1. The van der Waals surface area contributed by atoms with Gasteiger partial charge in [0.15, 0.2) is 11.5 Å². The molecular weight excluding hydrogens is 617 g/mol. The van der Waals surface area contributed by atoms with Gasteiger partial charge >= 0.3 is 7.60 Å². The van der Waals surface area contributed by atoms with E-state index in [0.29, 0.717) is 11.3 Å². The largest absolute Gasteiger partial charge is 0.496 e. The fourth-order valence-electron chi connectivity index (χ4n) is 4.88. The van der Waals surface area contributed by atoms with E-state index >= 15 is 0 Å². The number of hydrogen-bond acceptors (Lipinski definition) is 6. The molecule has 1 aromatic heterocycles. The number of carbonyl (C=O) groups excluding carboxylic acids is 1. The molecule has 1 N–H and O–H groups in total. The molecule has 0 aliphatic carbocycles. The zero-order valence-electron chi connectivity index (χ0n) is 23.5. The maximum atomic E-state index is 14.1. The van der Waals surface area contributed by atoms with Crippen molar-refractivity contribution < 1.29 is 23.1 Å². The molecule has 216 valence electrons. The Kier molecular flexibility index (Phi) is 9.24. The van der Waals surface area contributed by atoms with E-state index in [1.807, 2.05) is 66.7 Å². The SMILES string of the molecule is CCOP(=O)(OCC)C(NC(=O)c1cc(-c2cccc3ccccc23)n(-c2ccc(Br)cc2)n1)c1ccccc1OC. The average Bonchev–Trinajstić information content (AvgIpc) is 3.45. The van der Waals surface area contributed by atoms with Gasteiger partial charge in [-0.25, -0.2) is 4.68 Å². The van der Waals surface area contributed by atoms with Crippen molar-refractivity contribution in [2.75, 3.05) is 20.3 Å². The Labute approximate surface area is 253 Å². The summed E-state index contributed by atoms with van der Waals surface area (Å²) >= 11 is 3.49. The van der Waals surface area contributed by atoms with Crippen LogP contribution in [0.4, 0.5) is 0 Å². The van der Waals surface area contributed by atoms with E-state index in [1.54, 1.807) is 48.9 Å². The number of benzene rings is 4. The lowest BCUT2D eigenvalue weighted by Gasteiger charge is -2.28. The molecule has 0 radical (unpaired) electrons. The van der Waals surface area contributed by atoms with Crippen LogP contribution in [0.5, 0.6) is 5.75 Å². The molecule has 4 aromatic carbocycles. The van der Waals surface area contributed by atoms with Gasteiger partial charge in [-0.05, 0) is 61.0 Å². The Morgan fingerprint density at radius 1 is 0.929 bits per heavy atom. The molecular formula is C32H31BrN3O5P. The highest BCUT2D eigenvalue weighted by Gasteiger charge is 2.40. The van der Waals surface area contributed by atoms with Crippen LogP contribution in [-0.4, -0.2) is 36.0 Å². The van der Waals surface area contributed by atoms with Gasteiger partial charge in [0.1, 0.15) is 5.75 Å². The van der Waals surface area contributed by atoms with Gasteiger partial charge in [-0.15, -0.1) is 0 Å². The Bertz CT molecular complexity index is 1740. The predicted molar refractivity (Wildman–Crippen MR) is 168 cm³/mol. The van der Waals surface area contributed by atoms with Crippen LogP contribution in [0, 0.1) is 0 Å². The first-order chi connectivity index (χ1) is 20.4. The number of nitrogens with one attached hydrogen (secondary N) is 1. The fourth-order valence-corrected chi connectivity index (χ4v) is 7.06. The highest BCUT2D eigenvalue weighted by molar-refractivity contribution is 9.10. The van der Waals surface area contributed by atoms with Crippen molar-refractivity contribution in [1.82, 2.24) is 15.1 Å². The van der Waals surface area contributed by atoms with Gasteiger partial charge in [0.25, 0.3) is 5.91 Å². The van der Waals surface area contributed by atoms with E-state index in [-0.39, 0.29) is 18.9 Å². The number of amides is 1. The molecule has 8 nitrogen and oxygen atoms in total. The molecule has 0 fully saturated rings. The number of hydrogen-bond donors (Lipinski definition) is 1. The zero-order valence-corrected chi connectivity index (χ0v) is 26.0. The normalized spacial score (nSPS) is 12.3. The van der Waals surface area contributed by atoms with Crippen molar-refractivity contribution in [3.05, 3.63) is 113 Å². The van der Waals surface area contributed by atoms with Crippen LogP contribution in [0.15, 0.2) is 102 Å². The van der Waals surface area contributed by atoms with Gasteiger partial charge < -0.3 is 19.1 Å². The van der Waals surface area contributed by atoms with E-state index in [2.05, 4.69) is 21.2 Å². The Morgan fingerprint density at radius 2 is 1.60 bits per heavy atom. The zero-order chi connectivity index (χ0) is 29.7. The van der Waals surface area contributed by atoms with E-state index in [9.17, 15) is 9.36 Å². The van der Waals surface area contributed by atoms with Crippen molar-refractivity contribution in [3.8, 4) is 22.7 Å². The Balaban J connectivity index is 1.63. The second kappa shape index (κ2) is 13.0. The van der Waals surface area contributed by atoms with Crippen molar-refractivity contribution in [1.29, 1.82) is 0 Å². The number of halogens is 1. The summed E-state index contributed by atoms with van der Waals surface area (Å²) in [6.45, 7) is 3.71. The van der Waals surface area contributed by atoms with Crippen LogP contribution in [0.3, 0.4) is 0 Å². The first-order valence-electron chi connectivity index (χ1n) is 13.5. The molecule has 0 aliphatic rings. The van der Waals surface area contributed by atoms with Gasteiger partial charge in [0.05, 0.1) is 31.7 Å². The number of rotatable bonds is 11. The predicted octanol–water partition coefficient (Wildman–Crippen LogP) is 8.16. The molecule has 5 aromatic rings. The molecule has 1 unspecified atom stereocenters. The molecule has 0 saturated carbocycles. The summed E-state index contributed by atoms with van der Waals surface area (Å²) in [4.78, 5) is 14.0. The lowest BCUT2D eigenvalue weighted by Crippen LogP contribution is -2.30. The smallest absolute Gasteiger partial charge is 0.357 e. The summed E-state index contributed by atoms with van der Waals surface area (Å²) in [6, 6.07) is 30.6. The average molecular weight is 648 g/mol. The number of methoxy groups -OCH3 is 1. The van der Waals surface area contributed by atoms with Gasteiger partial charge in [-0.1, -0.05) is 76.6 Å². The van der Waals surface area contributed by atoms with E-state index in [4.69, 9.17) is 18.9 Å². The van der Waals surface area contributed by atoms with Gasteiger partial charge in [0, 0.05) is 15.6 Å². The Hall–Kier alpha value is -3.75. The van der Waals surface area contributed by atoms with Crippen molar-refractivity contribution >= 4 is 40.2 Å². The number of ether oxygens (including phenoxy) is 1. The summed E-state index contributed by atoms with van der Waals surface area (Å²) in [5.41, 5.74) is 3.03. The van der Waals surface area contributed by atoms with Crippen LogP contribution in [-0.2, 0) is 13.6 Å². The molecule has 0 saturated heterocycles. The maximum Gasteiger partial charge on any atom is 0.357 e. The van der Waals surface area contributed by atoms with Crippen molar-refractivity contribution in [3.63, 3.8) is 0 Å². The molecule has 1 amide bonds. The monoisotopic (exact) mass is 647 g/mol. The lowest BCUT2D eigenvalue weighted by atomic mass is 10.0. The summed E-state index contributed by atoms with van der Waals surface area (Å²) < 4.78 is 33.7. The van der Waals surface area contributed by atoms with Crippen LogP contribution in [0.2, 0.25) is 0 Å². The first kappa shape index (κ1) is 29.7. The Morgan fingerprint density at radius 3 is 2.31 bits per heavy atom. The number of para-hydroxylation sites is 1. The molecule has 0 spiro atoms. The van der Waals surface area contributed by atoms with Crippen LogP contribution in [0.1, 0.15) is 35.7 Å². The summed E-state index contributed by atoms with van der Waals surface area (Å²) in [7, 11) is -2.36. The summed E-state index contributed by atoms with van der Waals surface area (Å²) in [6.07, 6.45) is 0. The molecule has 0 aliphatic heterocycles. The summed E-state index contributed by atoms with van der Waals surface area (Å²) in [5.74, 6) is -1.23. The minimum atomic E-state index is -3.88. The third-order valence-corrected chi connectivity index (χ3v) is 9.52. The van der Waals surface area contributed by atoms with Gasteiger partial charge in [0.2, 0.25) is 0 Å². The third kappa shape index (κ3) is 6.05. The van der Waals surface area contributed by atoms with Crippen LogP contribution in [0.25, 0.3) is 27.7 Å². The van der Waals surface area contributed by atoms with Crippen molar-refractivity contribution in [2.45, 2.75) is 19.6 Å². The highest BCUT2D eigenvalue weighted by Crippen LogP contribution is 2.60. The second-order valence-corrected chi connectivity index (χ2v) is 12.4. The molecule has 0 bridgehead atoms. The van der Waals surface area contributed by atoms with E-state index in [1.165, 1.54) is 7.11 Å². The van der Waals surface area contributed by atoms with Crippen LogP contribution >= 0.6 is 23.5 Å². The van der Waals surface area contributed by atoms with Gasteiger partial charge in [-0.3, -0.25) is 9.36 Å². The lowest BCUT2D eigenvalue weighted by molar-refractivity contribution is 0.0931. The minimum Gasteiger partial charge on any atom is -0.496 e. The van der Waals surface area contributed by atoms with Gasteiger partial charge in [-0.2, -0.15) is 5.10 Å². The minimum absolute atomic E-state index is 0.127. The first-order valence-corrected chi connectivity index (χ1v) is 16.0. The second-order valence-electron chi connectivity index (χ2n) is 9.32. The number of nitrogens with zero attached hydrogens (tertiary/aromatic N) is 2.